The molecular weight excluding hydrogens is 246 g/mol. The van der Waals surface area contributed by atoms with Crippen molar-refractivity contribution in [2.75, 3.05) is 19.3 Å². The van der Waals surface area contributed by atoms with Crippen molar-refractivity contribution in [2.45, 2.75) is 17.7 Å². The van der Waals surface area contributed by atoms with Crippen LogP contribution < -0.4 is 5.32 Å². The minimum atomic E-state index is -0.668. The van der Waals surface area contributed by atoms with E-state index in [1.165, 1.54) is 4.90 Å². The number of hydrogen-bond acceptors (Lipinski definition) is 3. The fraction of sp³-hybridized carbons (Fsp3) is 0.500. The molecule has 0 aromatic heterocycles. The second-order valence-corrected chi connectivity index (χ2v) is 5.63. The Bertz CT molecular complexity index is 416. The van der Waals surface area contributed by atoms with Crippen molar-refractivity contribution in [1.29, 1.82) is 0 Å². The highest BCUT2D eigenvalue weighted by molar-refractivity contribution is 7.98. The average Bonchev–Trinajstić information content (AvgIpc) is 2.89. The number of thioether (sulfide) groups is 1. The molecule has 4 heteroatoms. The summed E-state index contributed by atoms with van der Waals surface area (Å²) in [6.45, 7) is 1.78. The third kappa shape index (κ3) is 3.27. The van der Waals surface area contributed by atoms with E-state index >= 15 is 0 Å². The van der Waals surface area contributed by atoms with Crippen molar-refractivity contribution in [3.8, 4) is 0 Å². The lowest BCUT2D eigenvalue weighted by molar-refractivity contribution is -0.143. The summed E-state index contributed by atoms with van der Waals surface area (Å²) < 4.78 is 0. The molecule has 1 aromatic carbocycles. The number of carbonyl (C=O) groups is 1. The third-order valence-electron chi connectivity index (χ3n) is 3.57. The Labute approximate surface area is 112 Å². The van der Waals surface area contributed by atoms with E-state index in [1.807, 2.05) is 18.4 Å². The summed E-state index contributed by atoms with van der Waals surface area (Å²) >= 11 is 1.69. The lowest BCUT2D eigenvalue weighted by atomic mass is 9.86. The highest BCUT2D eigenvalue weighted by Crippen LogP contribution is 2.25. The zero-order chi connectivity index (χ0) is 13.0. The summed E-state index contributed by atoms with van der Waals surface area (Å²) in [7, 11) is 0. The van der Waals surface area contributed by atoms with Gasteiger partial charge >= 0.3 is 5.97 Å². The summed E-state index contributed by atoms with van der Waals surface area (Å²) in [6.07, 6.45) is 3.64. The molecule has 3 nitrogen and oxygen atoms in total. The Morgan fingerprint density at radius 1 is 1.61 bits per heavy atom. The predicted molar refractivity (Wildman–Crippen MR) is 74.0 cm³/mol. The maximum atomic E-state index is 11.4. The number of hydrogen-bond donors (Lipinski definition) is 2. The van der Waals surface area contributed by atoms with Gasteiger partial charge in [0.2, 0.25) is 0 Å². The number of aliphatic carboxylic acids is 1. The van der Waals surface area contributed by atoms with E-state index in [0.29, 0.717) is 6.42 Å². The van der Waals surface area contributed by atoms with Crippen LogP contribution in [0, 0.1) is 11.8 Å². The molecule has 0 unspecified atom stereocenters. The van der Waals surface area contributed by atoms with Crippen LogP contribution in [0.15, 0.2) is 29.2 Å². The van der Waals surface area contributed by atoms with Crippen molar-refractivity contribution >= 4 is 17.7 Å². The standard InChI is InChI=1S/C14H19NO2S/c1-18-12-4-2-3-10(7-12)8-13(14(16)17)11-5-6-15-9-11/h2-4,7,11,13,15H,5-6,8-9H2,1H3,(H,16,17)/t11-,13-/m0/s1. The smallest absolute Gasteiger partial charge is 0.307 e. The van der Waals surface area contributed by atoms with Crippen LogP contribution in [-0.4, -0.2) is 30.4 Å². The zero-order valence-corrected chi connectivity index (χ0v) is 11.4. The molecule has 1 aliphatic heterocycles. The molecule has 1 fully saturated rings. The first kappa shape index (κ1) is 13.4. The second kappa shape index (κ2) is 6.25. The quantitative estimate of drug-likeness (QED) is 0.802. The predicted octanol–water partition coefficient (Wildman–Crippen LogP) is 2.26. The van der Waals surface area contributed by atoms with Gasteiger partial charge in [-0.3, -0.25) is 4.79 Å². The van der Waals surface area contributed by atoms with E-state index < -0.39 is 5.97 Å². The van der Waals surface area contributed by atoms with Crippen LogP contribution in [0.2, 0.25) is 0 Å². The van der Waals surface area contributed by atoms with Crippen LogP contribution in [0.25, 0.3) is 0 Å². The Morgan fingerprint density at radius 3 is 3.06 bits per heavy atom. The Kier molecular flexibility index (Phi) is 4.66. The number of carboxylic acids is 1. The van der Waals surface area contributed by atoms with Gasteiger partial charge in [0.25, 0.3) is 0 Å². The van der Waals surface area contributed by atoms with Gasteiger partial charge in [0, 0.05) is 4.90 Å². The summed E-state index contributed by atoms with van der Waals surface area (Å²) in [5.41, 5.74) is 1.13. The van der Waals surface area contributed by atoms with Crippen LogP contribution in [0.3, 0.4) is 0 Å². The maximum absolute atomic E-state index is 11.4. The molecule has 98 valence electrons. The lowest BCUT2D eigenvalue weighted by Gasteiger charge is -2.18. The van der Waals surface area contributed by atoms with Crippen LogP contribution in [-0.2, 0) is 11.2 Å². The van der Waals surface area contributed by atoms with E-state index in [0.717, 1.165) is 25.1 Å². The van der Waals surface area contributed by atoms with E-state index in [9.17, 15) is 9.90 Å². The first-order valence-electron chi connectivity index (χ1n) is 6.27. The molecule has 0 radical (unpaired) electrons. The minimum absolute atomic E-state index is 0.264. The van der Waals surface area contributed by atoms with Crippen LogP contribution in [0.4, 0.5) is 0 Å². The van der Waals surface area contributed by atoms with Crippen molar-refractivity contribution in [1.82, 2.24) is 5.32 Å². The van der Waals surface area contributed by atoms with Gasteiger partial charge in [-0.1, -0.05) is 12.1 Å². The highest BCUT2D eigenvalue weighted by atomic mass is 32.2. The molecule has 0 spiro atoms. The van der Waals surface area contributed by atoms with E-state index in [-0.39, 0.29) is 11.8 Å². The van der Waals surface area contributed by atoms with Crippen LogP contribution in [0.5, 0.6) is 0 Å². The van der Waals surface area contributed by atoms with Gasteiger partial charge in [-0.25, -0.2) is 0 Å². The molecule has 1 heterocycles. The molecule has 18 heavy (non-hydrogen) atoms. The Balaban J connectivity index is 2.10. The van der Waals surface area contributed by atoms with Crippen molar-refractivity contribution in [3.05, 3.63) is 29.8 Å². The van der Waals surface area contributed by atoms with E-state index in [2.05, 4.69) is 17.4 Å². The molecule has 1 saturated heterocycles. The molecule has 2 atom stereocenters. The first-order chi connectivity index (χ1) is 8.70. The van der Waals surface area contributed by atoms with Gasteiger partial charge < -0.3 is 10.4 Å². The number of rotatable bonds is 5. The van der Waals surface area contributed by atoms with Crippen molar-refractivity contribution in [2.24, 2.45) is 11.8 Å². The van der Waals surface area contributed by atoms with Crippen molar-refractivity contribution < 1.29 is 9.90 Å². The summed E-state index contributed by atoms with van der Waals surface area (Å²) in [5, 5.41) is 12.6. The van der Waals surface area contributed by atoms with Gasteiger partial charge in [0.15, 0.2) is 0 Å². The summed E-state index contributed by atoms with van der Waals surface area (Å²) in [6, 6.07) is 8.19. The minimum Gasteiger partial charge on any atom is -0.481 e. The Morgan fingerprint density at radius 2 is 2.44 bits per heavy atom. The SMILES string of the molecule is CSc1cccc(C[C@H](C(=O)O)[C@H]2CCNC2)c1. The number of benzene rings is 1. The molecule has 0 aliphatic carbocycles. The maximum Gasteiger partial charge on any atom is 0.307 e. The molecule has 0 bridgehead atoms. The average molecular weight is 265 g/mol. The zero-order valence-electron chi connectivity index (χ0n) is 10.6. The van der Waals surface area contributed by atoms with Gasteiger partial charge in [0.1, 0.15) is 0 Å². The second-order valence-electron chi connectivity index (χ2n) is 4.75. The molecule has 1 aliphatic rings. The summed E-state index contributed by atoms with van der Waals surface area (Å²) in [4.78, 5) is 12.6. The fourth-order valence-electron chi connectivity index (χ4n) is 2.53. The molecule has 0 saturated carbocycles. The molecule has 2 N–H and O–H groups in total. The number of nitrogens with one attached hydrogen (secondary N) is 1. The number of carboxylic acid groups (broad SMARTS) is 1. The van der Waals surface area contributed by atoms with Gasteiger partial charge in [-0.05, 0) is 55.8 Å². The molecule has 2 rings (SSSR count). The van der Waals surface area contributed by atoms with Gasteiger partial charge in [0.05, 0.1) is 5.92 Å². The molecule has 0 amide bonds. The topological polar surface area (TPSA) is 49.3 Å². The monoisotopic (exact) mass is 265 g/mol. The normalized spacial score (nSPS) is 20.8. The largest absolute Gasteiger partial charge is 0.481 e. The molecular formula is C14H19NO2S. The first-order valence-corrected chi connectivity index (χ1v) is 7.49. The van der Waals surface area contributed by atoms with Crippen LogP contribution in [0.1, 0.15) is 12.0 Å². The fourth-order valence-corrected chi connectivity index (χ4v) is 3.01. The molecule has 1 aromatic rings. The lowest BCUT2D eigenvalue weighted by Crippen LogP contribution is -2.27. The Hall–Kier alpha value is -1.00. The van der Waals surface area contributed by atoms with E-state index in [4.69, 9.17) is 0 Å². The highest BCUT2D eigenvalue weighted by Gasteiger charge is 2.30. The summed E-state index contributed by atoms with van der Waals surface area (Å²) in [5.74, 6) is -0.671. The van der Waals surface area contributed by atoms with Crippen LogP contribution >= 0.6 is 11.8 Å². The third-order valence-corrected chi connectivity index (χ3v) is 4.30. The van der Waals surface area contributed by atoms with Gasteiger partial charge in [-0.2, -0.15) is 0 Å². The van der Waals surface area contributed by atoms with Crippen molar-refractivity contribution in [3.63, 3.8) is 0 Å². The van der Waals surface area contributed by atoms with Gasteiger partial charge in [-0.15, -0.1) is 11.8 Å². The van der Waals surface area contributed by atoms with E-state index in [1.54, 1.807) is 11.8 Å².